The zero-order chi connectivity index (χ0) is 18.1. The van der Waals surface area contributed by atoms with Crippen molar-refractivity contribution < 1.29 is 19.1 Å². The van der Waals surface area contributed by atoms with Crippen LogP contribution in [0.5, 0.6) is 0 Å². The van der Waals surface area contributed by atoms with Gasteiger partial charge in [0.25, 0.3) is 11.1 Å². The standard InChI is InChI=1S/C16H15Cl2NO4S/c1-16(2,3)23-13(20)8-19-14(21)12(24-15(19)22)6-9-4-5-10(17)7-11(9)18/h4-7H,8H2,1-3H3. The molecule has 0 N–H and O–H groups in total. The van der Waals surface area contributed by atoms with Gasteiger partial charge < -0.3 is 4.74 Å². The smallest absolute Gasteiger partial charge is 0.326 e. The second kappa shape index (κ2) is 7.17. The van der Waals surface area contributed by atoms with E-state index in [4.69, 9.17) is 27.9 Å². The number of halogens is 2. The Hall–Kier alpha value is -1.50. The predicted octanol–water partition coefficient (Wildman–Crippen LogP) is 4.37. The summed E-state index contributed by atoms with van der Waals surface area (Å²) in [7, 11) is 0. The van der Waals surface area contributed by atoms with Crippen LogP contribution >= 0.6 is 35.0 Å². The molecule has 128 valence electrons. The van der Waals surface area contributed by atoms with Gasteiger partial charge in [-0.05, 0) is 56.3 Å². The van der Waals surface area contributed by atoms with Crippen molar-refractivity contribution in [2.75, 3.05) is 6.54 Å². The number of thioether (sulfide) groups is 1. The molecule has 2 amide bonds. The van der Waals surface area contributed by atoms with Crippen molar-refractivity contribution in [2.45, 2.75) is 26.4 Å². The minimum absolute atomic E-state index is 0.188. The minimum atomic E-state index is -0.689. The van der Waals surface area contributed by atoms with Gasteiger partial charge in [-0.2, -0.15) is 0 Å². The van der Waals surface area contributed by atoms with Gasteiger partial charge in [-0.3, -0.25) is 19.3 Å². The van der Waals surface area contributed by atoms with Gasteiger partial charge in [-0.1, -0.05) is 29.3 Å². The maximum absolute atomic E-state index is 12.3. The zero-order valence-electron chi connectivity index (χ0n) is 13.3. The van der Waals surface area contributed by atoms with Gasteiger partial charge in [-0.25, -0.2) is 0 Å². The molecule has 0 bridgehead atoms. The minimum Gasteiger partial charge on any atom is -0.459 e. The lowest BCUT2D eigenvalue weighted by atomic mass is 10.2. The number of benzene rings is 1. The third-order valence-corrected chi connectivity index (χ3v) is 4.30. The first-order chi connectivity index (χ1) is 11.1. The van der Waals surface area contributed by atoms with Crippen LogP contribution in [0.15, 0.2) is 23.1 Å². The van der Waals surface area contributed by atoms with Crippen molar-refractivity contribution in [3.8, 4) is 0 Å². The molecule has 8 heteroatoms. The van der Waals surface area contributed by atoms with E-state index in [9.17, 15) is 14.4 Å². The number of rotatable bonds is 3. The first-order valence-electron chi connectivity index (χ1n) is 6.99. The number of hydrogen-bond donors (Lipinski definition) is 0. The Morgan fingerprint density at radius 3 is 2.54 bits per heavy atom. The Balaban J connectivity index is 2.16. The summed E-state index contributed by atoms with van der Waals surface area (Å²) in [5.41, 5.74) is -0.130. The monoisotopic (exact) mass is 387 g/mol. The van der Waals surface area contributed by atoms with Gasteiger partial charge in [0.2, 0.25) is 0 Å². The van der Waals surface area contributed by atoms with Gasteiger partial charge in [0.05, 0.1) is 4.91 Å². The number of esters is 1. The highest BCUT2D eigenvalue weighted by Crippen LogP contribution is 2.34. The number of amides is 2. The molecule has 0 spiro atoms. The SMILES string of the molecule is CC(C)(C)OC(=O)CN1C(=O)SC(=Cc2ccc(Cl)cc2Cl)C1=O. The molecular formula is C16H15Cl2NO4S. The first-order valence-corrected chi connectivity index (χ1v) is 8.56. The number of carbonyl (C=O) groups excluding carboxylic acids is 3. The van der Waals surface area contributed by atoms with Gasteiger partial charge >= 0.3 is 5.97 Å². The summed E-state index contributed by atoms with van der Waals surface area (Å²) in [5, 5.41) is 0.304. The lowest BCUT2D eigenvalue weighted by Crippen LogP contribution is -2.37. The number of carbonyl (C=O) groups is 3. The molecule has 2 rings (SSSR count). The molecule has 0 unspecified atom stereocenters. The summed E-state index contributed by atoms with van der Waals surface area (Å²) >= 11 is 12.6. The Kier molecular flexibility index (Phi) is 5.63. The molecule has 0 saturated carbocycles. The van der Waals surface area contributed by atoms with Gasteiger partial charge in [-0.15, -0.1) is 0 Å². The fraction of sp³-hybridized carbons (Fsp3) is 0.312. The van der Waals surface area contributed by atoms with Crippen molar-refractivity contribution in [1.82, 2.24) is 4.90 Å². The van der Waals surface area contributed by atoms with E-state index in [1.54, 1.807) is 39.0 Å². The number of nitrogens with zero attached hydrogens (tertiary/aromatic N) is 1. The Labute approximate surface area is 153 Å². The highest BCUT2D eigenvalue weighted by atomic mass is 35.5. The molecule has 1 aromatic rings. The molecule has 0 atom stereocenters. The van der Waals surface area contributed by atoms with Gasteiger partial charge in [0, 0.05) is 10.0 Å². The van der Waals surface area contributed by atoms with Crippen LogP contribution in [0, 0.1) is 0 Å². The van der Waals surface area contributed by atoms with Crippen LogP contribution in [0.4, 0.5) is 4.79 Å². The number of imide groups is 1. The summed E-state index contributed by atoms with van der Waals surface area (Å²) in [6, 6.07) is 4.82. The van der Waals surface area contributed by atoms with Crippen molar-refractivity contribution >= 4 is 58.2 Å². The average molecular weight is 388 g/mol. The Morgan fingerprint density at radius 2 is 1.96 bits per heavy atom. The molecule has 5 nitrogen and oxygen atoms in total. The summed E-state index contributed by atoms with van der Waals surface area (Å²) in [4.78, 5) is 37.2. The molecule has 1 aromatic carbocycles. The molecule has 1 fully saturated rings. The van der Waals surface area contributed by atoms with E-state index in [-0.39, 0.29) is 4.91 Å². The molecule has 0 aliphatic carbocycles. The predicted molar refractivity (Wildman–Crippen MR) is 95.0 cm³/mol. The first kappa shape index (κ1) is 18.8. The molecule has 1 heterocycles. The fourth-order valence-corrected chi connectivity index (χ4v) is 3.19. The molecule has 1 saturated heterocycles. The highest BCUT2D eigenvalue weighted by molar-refractivity contribution is 8.18. The van der Waals surface area contributed by atoms with E-state index >= 15 is 0 Å². The van der Waals surface area contributed by atoms with Gasteiger partial charge in [0.15, 0.2) is 0 Å². The van der Waals surface area contributed by atoms with Crippen LogP contribution in [0.2, 0.25) is 10.0 Å². The van der Waals surface area contributed by atoms with E-state index in [0.29, 0.717) is 15.6 Å². The molecule has 0 aromatic heterocycles. The molecule has 0 radical (unpaired) electrons. The number of hydrogen-bond acceptors (Lipinski definition) is 5. The maximum atomic E-state index is 12.3. The third kappa shape index (κ3) is 4.75. The van der Waals surface area contributed by atoms with E-state index in [1.807, 2.05) is 0 Å². The maximum Gasteiger partial charge on any atom is 0.326 e. The van der Waals surface area contributed by atoms with E-state index in [2.05, 4.69) is 0 Å². The van der Waals surface area contributed by atoms with E-state index < -0.39 is 29.3 Å². The van der Waals surface area contributed by atoms with Crippen molar-refractivity contribution in [1.29, 1.82) is 0 Å². The van der Waals surface area contributed by atoms with Crippen molar-refractivity contribution in [3.63, 3.8) is 0 Å². The van der Waals surface area contributed by atoms with Crippen LogP contribution < -0.4 is 0 Å². The van der Waals surface area contributed by atoms with Crippen LogP contribution in [0.25, 0.3) is 6.08 Å². The summed E-state index contributed by atoms with van der Waals surface area (Å²) in [5.74, 6) is -1.20. The highest BCUT2D eigenvalue weighted by Gasteiger charge is 2.37. The lowest BCUT2D eigenvalue weighted by molar-refractivity contribution is -0.156. The van der Waals surface area contributed by atoms with Crippen molar-refractivity contribution in [2.24, 2.45) is 0 Å². The summed E-state index contributed by atoms with van der Waals surface area (Å²) in [6.07, 6.45) is 1.50. The molecule has 24 heavy (non-hydrogen) atoms. The van der Waals surface area contributed by atoms with Crippen LogP contribution in [-0.2, 0) is 14.3 Å². The van der Waals surface area contributed by atoms with E-state index in [1.165, 1.54) is 6.08 Å². The van der Waals surface area contributed by atoms with Crippen molar-refractivity contribution in [3.05, 3.63) is 38.7 Å². The zero-order valence-corrected chi connectivity index (χ0v) is 15.6. The second-order valence-electron chi connectivity index (χ2n) is 6.02. The largest absolute Gasteiger partial charge is 0.459 e. The summed E-state index contributed by atoms with van der Waals surface area (Å²) in [6.45, 7) is 4.71. The normalized spacial score (nSPS) is 16.9. The second-order valence-corrected chi connectivity index (χ2v) is 7.86. The summed E-state index contributed by atoms with van der Waals surface area (Å²) < 4.78 is 5.13. The Bertz CT molecular complexity index is 740. The topological polar surface area (TPSA) is 63.7 Å². The molecular weight excluding hydrogens is 373 g/mol. The Morgan fingerprint density at radius 1 is 1.29 bits per heavy atom. The third-order valence-electron chi connectivity index (χ3n) is 2.83. The quantitative estimate of drug-likeness (QED) is 0.568. The van der Waals surface area contributed by atoms with Crippen LogP contribution in [-0.4, -0.2) is 34.2 Å². The van der Waals surface area contributed by atoms with E-state index in [0.717, 1.165) is 16.7 Å². The molecule has 1 aliphatic rings. The number of ether oxygens (including phenoxy) is 1. The van der Waals surface area contributed by atoms with Crippen LogP contribution in [0.3, 0.4) is 0 Å². The van der Waals surface area contributed by atoms with Crippen LogP contribution in [0.1, 0.15) is 26.3 Å². The molecule has 1 aliphatic heterocycles. The lowest BCUT2D eigenvalue weighted by Gasteiger charge is -2.21. The average Bonchev–Trinajstić information content (AvgIpc) is 2.67. The van der Waals surface area contributed by atoms with Gasteiger partial charge in [0.1, 0.15) is 12.1 Å². The fourth-order valence-electron chi connectivity index (χ4n) is 1.90.